The van der Waals surface area contributed by atoms with Gasteiger partial charge < -0.3 is 11.5 Å². The number of piperidine rings is 1. The maximum absolute atomic E-state index is 11.4. The Morgan fingerprint density at radius 2 is 2.16 bits per heavy atom. The second-order valence-corrected chi connectivity index (χ2v) is 5.57. The highest BCUT2D eigenvalue weighted by molar-refractivity contribution is 5.77. The van der Waals surface area contributed by atoms with Crippen LogP contribution in [0, 0.1) is 5.92 Å². The summed E-state index contributed by atoms with van der Waals surface area (Å²) < 4.78 is 0. The van der Waals surface area contributed by atoms with Gasteiger partial charge in [-0.1, -0.05) is 12.1 Å². The zero-order valence-electron chi connectivity index (χ0n) is 11.7. The number of nitrogen functional groups attached to an aromatic ring is 1. The maximum atomic E-state index is 11.4. The van der Waals surface area contributed by atoms with E-state index in [-0.39, 0.29) is 17.9 Å². The molecule has 1 aliphatic heterocycles. The minimum atomic E-state index is -0.184. The van der Waals surface area contributed by atoms with E-state index in [1.165, 1.54) is 5.56 Å². The fourth-order valence-corrected chi connectivity index (χ4v) is 2.92. The van der Waals surface area contributed by atoms with Crippen LogP contribution < -0.4 is 11.5 Å². The molecule has 1 aromatic carbocycles. The van der Waals surface area contributed by atoms with Gasteiger partial charge in [-0.25, -0.2) is 0 Å². The van der Waals surface area contributed by atoms with Crippen LogP contribution in [0.4, 0.5) is 5.69 Å². The van der Waals surface area contributed by atoms with Crippen LogP contribution in [0.1, 0.15) is 38.3 Å². The van der Waals surface area contributed by atoms with Crippen LogP contribution in [0.15, 0.2) is 24.3 Å². The Morgan fingerprint density at radius 3 is 2.79 bits per heavy atom. The van der Waals surface area contributed by atoms with Gasteiger partial charge >= 0.3 is 0 Å². The van der Waals surface area contributed by atoms with E-state index >= 15 is 0 Å². The molecule has 1 heterocycles. The number of benzene rings is 1. The molecule has 1 amide bonds. The van der Waals surface area contributed by atoms with E-state index in [1.54, 1.807) is 0 Å². The molecule has 0 radical (unpaired) electrons. The van der Waals surface area contributed by atoms with E-state index in [0.29, 0.717) is 6.04 Å². The van der Waals surface area contributed by atoms with Gasteiger partial charge in [0.05, 0.1) is 5.92 Å². The van der Waals surface area contributed by atoms with Gasteiger partial charge in [-0.2, -0.15) is 0 Å². The van der Waals surface area contributed by atoms with Crippen molar-refractivity contribution in [1.29, 1.82) is 0 Å². The lowest BCUT2D eigenvalue weighted by Gasteiger charge is -2.41. The first-order chi connectivity index (χ1) is 8.99. The first kappa shape index (κ1) is 13.9. The minimum Gasteiger partial charge on any atom is -0.399 e. The lowest BCUT2D eigenvalue weighted by molar-refractivity contribution is -0.124. The summed E-state index contributed by atoms with van der Waals surface area (Å²) in [4.78, 5) is 13.8. The van der Waals surface area contributed by atoms with E-state index < -0.39 is 0 Å². The van der Waals surface area contributed by atoms with Gasteiger partial charge in [-0.3, -0.25) is 9.69 Å². The summed E-state index contributed by atoms with van der Waals surface area (Å²) >= 11 is 0. The predicted molar refractivity (Wildman–Crippen MR) is 77.4 cm³/mol. The number of carbonyl (C=O) groups is 1. The molecule has 1 aromatic rings. The van der Waals surface area contributed by atoms with Gasteiger partial charge in [0.15, 0.2) is 0 Å². The van der Waals surface area contributed by atoms with Crippen molar-refractivity contribution in [3.05, 3.63) is 29.8 Å². The van der Waals surface area contributed by atoms with Crippen molar-refractivity contribution in [2.24, 2.45) is 11.7 Å². The van der Waals surface area contributed by atoms with E-state index in [1.807, 2.05) is 18.2 Å². The SMILES string of the molecule is CC1CCC(C(N)=O)CN1C(C)c1cccc(N)c1. The van der Waals surface area contributed by atoms with E-state index in [2.05, 4.69) is 24.8 Å². The van der Waals surface area contributed by atoms with Gasteiger partial charge in [-0.15, -0.1) is 0 Å². The molecule has 4 heteroatoms. The average Bonchev–Trinajstić information content (AvgIpc) is 2.38. The fraction of sp³-hybridized carbons (Fsp3) is 0.533. The zero-order chi connectivity index (χ0) is 14.0. The standard InChI is InChI=1S/C15H23N3O/c1-10-6-7-13(15(17)19)9-18(10)11(2)12-4-3-5-14(16)8-12/h3-5,8,10-11,13H,6-7,9,16H2,1-2H3,(H2,17,19). The van der Waals surface area contributed by atoms with E-state index in [4.69, 9.17) is 11.5 Å². The third-order valence-corrected chi connectivity index (χ3v) is 4.22. The van der Waals surface area contributed by atoms with Crippen molar-refractivity contribution in [3.63, 3.8) is 0 Å². The van der Waals surface area contributed by atoms with Crippen LogP contribution in [0.2, 0.25) is 0 Å². The first-order valence-electron chi connectivity index (χ1n) is 6.89. The zero-order valence-corrected chi connectivity index (χ0v) is 11.7. The van der Waals surface area contributed by atoms with Gasteiger partial charge in [0, 0.05) is 24.3 Å². The normalized spacial score (nSPS) is 26.0. The Kier molecular flexibility index (Phi) is 4.10. The molecule has 1 aliphatic rings. The quantitative estimate of drug-likeness (QED) is 0.816. The highest BCUT2D eigenvalue weighted by atomic mass is 16.1. The van der Waals surface area contributed by atoms with Crippen LogP contribution in [-0.4, -0.2) is 23.4 Å². The third kappa shape index (κ3) is 3.07. The molecule has 19 heavy (non-hydrogen) atoms. The van der Waals surface area contributed by atoms with Crippen LogP contribution in [0.25, 0.3) is 0 Å². The Bertz CT molecular complexity index is 460. The van der Waals surface area contributed by atoms with Gasteiger partial charge in [-0.05, 0) is 44.4 Å². The molecule has 104 valence electrons. The number of likely N-dealkylation sites (tertiary alicyclic amines) is 1. The number of hydrogen-bond donors (Lipinski definition) is 2. The largest absolute Gasteiger partial charge is 0.399 e. The second-order valence-electron chi connectivity index (χ2n) is 5.57. The van der Waals surface area contributed by atoms with Crippen LogP contribution in [-0.2, 0) is 4.79 Å². The average molecular weight is 261 g/mol. The smallest absolute Gasteiger partial charge is 0.221 e. The highest BCUT2D eigenvalue weighted by Gasteiger charge is 2.31. The summed E-state index contributed by atoms with van der Waals surface area (Å²) in [6.07, 6.45) is 1.91. The summed E-state index contributed by atoms with van der Waals surface area (Å²) in [5.41, 5.74) is 13.3. The molecule has 4 nitrogen and oxygen atoms in total. The van der Waals surface area contributed by atoms with Crippen molar-refractivity contribution < 1.29 is 4.79 Å². The number of carbonyl (C=O) groups excluding carboxylic acids is 1. The predicted octanol–water partition coefficient (Wildman–Crippen LogP) is 1.92. The van der Waals surface area contributed by atoms with Crippen molar-refractivity contribution in [3.8, 4) is 0 Å². The summed E-state index contributed by atoms with van der Waals surface area (Å²) in [5, 5.41) is 0. The number of nitrogens with zero attached hydrogens (tertiary/aromatic N) is 1. The number of anilines is 1. The highest BCUT2D eigenvalue weighted by Crippen LogP contribution is 2.31. The van der Waals surface area contributed by atoms with E-state index in [0.717, 1.165) is 25.1 Å². The first-order valence-corrected chi connectivity index (χ1v) is 6.89. The van der Waals surface area contributed by atoms with Crippen LogP contribution in [0.5, 0.6) is 0 Å². The Morgan fingerprint density at radius 1 is 1.42 bits per heavy atom. The molecule has 1 saturated heterocycles. The lowest BCUT2D eigenvalue weighted by Crippen LogP contribution is -2.46. The molecular weight excluding hydrogens is 238 g/mol. The maximum Gasteiger partial charge on any atom is 0.221 e. The number of hydrogen-bond acceptors (Lipinski definition) is 3. The number of amides is 1. The molecule has 2 rings (SSSR count). The second kappa shape index (κ2) is 5.61. The summed E-state index contributed by atoms with van der Waals surface area (Å²) in [6.45, 7) is 5.11. The molecule has 0 spiro atoms. The monoisotopic (exact) mass is 261 g/mol. The van der Waals surface area contributed by atoms with Crippen LogP contribution in [0.3, 0.4) is 0 Å². The Balaban J connectivity index is 2.16. The van der Waals surface area contributed by atoms with Crippen molar-refractivity contribution in [2.75, 3.05) is 12.3 Å². The van der Waals surface area contributed by atoms with Gasteiger partial charge in [0.1, 0.15) is 0 Å². The molecule has 4 N–H and O–H groups in total. The number of primary amides is 1. The molecule has 3 unspecified atom stereocenters. The molecule has 0 aromatic heterocycles. The lowest BCUT2D eigenvalue weighted by atomic mass is 9.90. The molecule has 1 fully saturated rings. The molecule has 0 saturated carbocycles. The Hall–Kier alpha value is -1.55. The fourth-order valence-electron chi connectivity index (χ4n) is 2.92. The summed E-state index contributed by atoms with van der Waals surface area (Å²) in [7, 11) is 0. The molecule has 0 aliphatic carbocycles. The van der Waals surface area contributed by atoms with Crippen molar-refractivity contribution in [2.45, 2.75) is 38.8 Å². The van der Waals surface area contributed by atoms with E-state index in [9.17, 15) is 4.79 Å². The molecule has 3 atom stereocenters. The molecular formula is C15H23N3O. The summed E-state index contributed by atoms with van der Waals surface area (Å²) in [6, 6.07) is 8.67. The summed E-state index contributed by atoms with van der Waals surface area (Å²) in [5.74, 6) is -0.212. The number of rotatable bonds is 3. The van der Waals surface area contributed by atoms with Crippen molar-refractivity contribution in [1.82, 2.24) is 4.90 Å². The number of nitrogens with two attached hydrogens (primary N) is 2. The molecule has 0 bridgehead atoms. The third-order valence-electron chi connectivity index (χ3n) is 4.22. The topological polar surface area (TPSA) is 72.4 Å². The van der Waals surface area contributed by atoms with Gasteiger partial charge in [0.25, 0.3) is 0 Å². The van der Waals surface area contributed by atoms with Gasteiger partial charge in [0.2, 0.25) is 5.91 Å². The minimum absolute atomic E-state index is 0.0280. The Labute approximate surface area is 114 Å². The van der Waals surface area contributed by atoms with Crippen molar-refractivity contribution >= 4 is 11.6 Å². The van der Waals surface area contributed by atoms with Crippen LogP contribution >= 0.6 is 0 Å².